The van der Waals surface area contributed by atoms with Gasteiger partial charge in [0, 0.05) is 23.3 Å². The van der Waals surface area contributed by atoms with Crippen molar-refractivity contribution in [3.63, 3.8) is 0 Å². The third kappa shape index (κ3) is 3.68. The van der Waals surface area contributed by atoms with E-state index in [1.807, 2.05) is 10.9 Å². The first-order valence-corrected chi connectivity index (χ1v) is 6.93. The summed E-state index contributed by atoms with van der Waals surface area (Å²) in [6.45, 7) is 5.97. The Hall–Kier alpha value is -1.13. The van der Waals surface area contributed by atoms with Gasteiger partial charge in [-0.15, -0.1) is 0 Å². The van der Waals surface area contributed by atoms with E-state index in [-0.39, 0.29) is 0 Å². The molecule has 0 spiro atoms. The highest BCUT2D eigenvalue weighted by molar-refractivity contribution is 9.10. The molecule has 2 aromatic rings. The molecule has 2 rings (SSSR count). The standard InChI is InChI=1S/C14H18BrN3/c1-11(2)16-9-14-7-8-17-18(14)10-12-3-5-13(15)6-4-12/h3-8,11,16H,9-10H2,1-2H3. The molecule has 4 heteroatoms. The van der Waals surface area contributed by atoms with Gasteiger partial charge in [0.15, 0.2) is 0 Å². The summed E-state index contributed by atoms with van der Waals surface area (Å²) in [4.78, 5) is 0. The molecule has 0 aliphatic heterocycles. The van der Waals surface area contributed by atoms with Gasteiger partial charge in [0.05, 0.1) is 12.2 Å². The van der Waals surface area contributed by atoms with Crippen molar-refractivity contribution < 1.29 is 0 Å². The van der Waals surface area contributed by atoms with Gasteiger partial charge in [0.1, 0.15) is 0 Å². The van der Waals surface area contributed by atoms with Crippen LogP contribution in [0.25, 0.3) is 0 Å². The van der Waals surface area contributed by atoms with Gasteiger partial charge in [-0.3, -0.25) is 4.68 Å². The van der Waals surface area contributed by atoms with Gasteiger partial charge in [0.2, 0.25) is 0 Å². The molecule has 18 heavy (non-hydrogen) atoms. The highest BCUT2D eigenvalue weighted by atomic mass is 79.9. The predicted molar refractivity (Wildman–Crippen MR) is 77.4 cm³/mol. The summed E-state index contributed by atoms with van der Waals surface area (Å²) in [5, 5.41) is 7.79. The van der Waals surface area contributed by atoms with Crippen LogP contribution in [0.3, 0.4) is 0 Å². The summed E-state index contributed by atoms with van der Waals surface area (Å²) < 4.78 is 3.15. The van der Waals surface area contributed by atoms with Crippen molar-refractivity contribution in [2.75, 3.05) is 0 Å². The quantitative estimate of drug-likeness (QED) is 0.919. The largest absolute Gasteiger partial charge is 0.309 e. The summed E-state index contributed by atoms with van der Waals surface area (Å²) in [5.41, 5.74) is 2.47. The Morgan fingerprint density at radius 3 is 2.61 bits per heavy atom. The Balaban J connectivity index is 2.05. The number of rotatable bonds is 5. The molecule has 0 aliphatic carbocycles. The van der Waals surface area contributed by atoms with Crippen LogP contribution in [-0.2, 0) is 13.1 Å². The smallest absolute Gasteiger partial charge is 0.0663 e. The zero-order valence-electron chi connectivity index (χ0n) is 10.7. The third-order valence-electron chi connectivity index (χ3n) is 2.74. The fourth-order valence-corrected chi connectivity index (χ4v) is 1.99. The first-order chi connectivity index (χ1) is 8.65. The van der Waals surface area contributed by atoms with Gasteiger partial charge in [-0.25, -0.2) is 0 Å². The van der Waals surface area contributed by atoms with Crippen LogP contribution in [0.4, 0.5) is 0 Å². The number of nitrogens with zero attached hydrogens (tertiary/aromatic N) is 2. The van der Waals surface area contributed by atoms with Crippen molar-refractivity contribution in [1.82, 2.24) is 15.1 Å². The van der Waals surface area contributed by atoms with E-state index in [0.29, 0.717) is 6.04 Å². The molecular weight excluding hydrogens is 290 g/mol. The van der Waals surface area contributed by atoms with Crippen LogP contribution < -0.4 is 5.32 Å². The predicted octanol–water partition coefficient (Wildman–Crippen LogP) is 3.19. The maximum atomic E-state index is 4.38. The number of hydrogen-bond donors (Lipinski definition) is 1. The van der Waals surface area contributed by atoms with Crippen LogP contribution >= 0.6 is 15.9 Å². The lowest BCUT2D eigenvalue weighted by molar-refractivity contribution is 0.547. The molecule has 1 aromatic heterocycles. The highest BCUT2D eigenvalue weighted by Crippen LogP contribution is 2.12. The summed E-state index contributed by atoms with van der Waals surface area (Å²) in [6, 6.07) is 10.9. The number of hydrogen-bond acceptors (Lipinski definition) is 2. The fraction of sp³-hybridized carbons (Fsp3) is 0.357. The zero-order valence-corrected chi connectivity index (χ0v) is 12.3. The SMILES string of the molecule is CC(C)NCc1ccnn1Cc1ccc(Br)cc1. The third-order valence-corrected chi connectivity index (χ3v) is 3.27. The Morgan fingerprint density at radius 1 is 1.22 bits per heavy atom. The Morgan fingerprint density at radius 2 is 1.94 bits per heavy atom. The lowest BCUT2D eigenvalue weighted by Crippen LogP contribution is -2.23. The lowest BCUT2D eigenvalue weighted by atomic mass is 10.2. The molecule has 0 aliphatic rings. The molecule has 0 atom stereocenters. The molecular formula is C14H18BrN3. The minimum atomic E-state index is 0.487. The van der Waals surface area contributed by atoms with Gasteiger partial charge in [-0.05, 0) is 23.8 Å². The molecule has 0 unspecified atom stereocenters. The molecule has 0 saturated carbocycles. The van der Waals surface area contributed by atoms with Crippen molar-refractivity contribution in [1.29, 1.82) is 0 Å². The van der Waals surface area contributed by atoms with E-state index >= 15 is 0 Å². The lowest BCUT2D eigenvalue weighted by Gasteiger charge is -2.11. The van der Waals surface area contributed by atoms with E-state index in [9.17, 15) is 0 Å². The summed E-state index contributed by atoms with van der Waals surface area (Å²) in [6.07, 6.45) is 1.86. The van der Waals surface area contributed by atoms with Crippen LogP contribution in [0.2, 0.25) is 0 Å². The Bertz CT molecular complexity index is 488. The monoisotopic (exact) mass is 307 g/mol. The second kappa shape index (κ2) is 6.16. The first-order valence-electron chi connectivity index (χ1n) is 6.13. The van der Waals surface area contributed by atoms with Gasteiger partial charge in [-0.2, -0.15) is 5.10 Å². The molecule has 1 heterocycles. The highest BCUT2D eigenvalue weighted by Gasteiger charge is 2.04. The van der Waals surface area contributed by atoms with E-state index in [4.69, 9.17) is 0 Å². The number of halogens is 1. The minimum Gasteiger partial charge on any atom is -0.309 e. The van der Waals surface area contributed by atoms with Crippen molar-refractivity contribution in [2.24, 2.45) is 0 Å². The molecule has 0 bridgehead atoms. The van der Waals surface area contributed by atoms with Crippen LogP contribution in [-0.4, -0.2) is 15.8 Å². The van der Waals surface area contributed by atoms with Gasteiger partial charge >= 0.3 is 0 Å². The first kappa shape index (κ1) is 13.3. The molecule has 1 aromatic carbocycles. The summed E-state index contributed by atoms with van der Waals surface area (Å²) in [5.74, 6) is 0. The topological polar surface area (TPSA) is 29.9 Å². The van der Waals surface area contributed by atoms with Crippen LogP contribution in [0.15, 0.2) is 41.0 Å². The van der Waals surface area contributed by atoms with E-state index in [2.05, 4.69) is 70.5 Å². The van der Waals surface area contributed by atoms with E-state index < -0.39 is 0 Å². The van der Waals surface area contributed by atoms with E-state index in [0.717, 1.165) is 17.6 Å². The summed E-state index contributed by atoms with van der Waals surface area (Å²) >= 11 is 3.45. The average molecular weight is 308 g/mol. The zero-order chi connectivity index (χ0) is 13.0. The fourth-order valence-electron chi connectivity index (χ4n) is 1.72. The van der Waals surface area contributed by atoms with Crippen LogP contribution in [0.1, 0.15) is 25.1 Å². The number of nitrogens with one attached hydrogen (secondary N) is 1. The molecule has 96 valence electrons. The van der Waals surface area contributed by atoms with Crippen molar-refractivity contribution in [3.8, 4) is 0 Å². The minimum absolute atomic E-state index is 0.487. The summed E-state index contributed by atoms with van der Waals surface area (Å²) in [7, 11) is 0. The maximum Gasteiger partial charge on any atom is 0.0663 e. The molecule has 0 radical (unpaired) electrons. The van der Waals surface area contributed by atoms with Crippen molar-refractivity contribution in [3.05, 3.63) is 52.3 Å². The second-order valence-electron chi connectivity index (χ2n) is 4.64. The van der Waals surface area contributed by atoms with E-state index in [1.54, 1.807) is 0 Å². The Labute approximate surface area is 116 Å². The van der Waals surface area contributed by atoms with Gasteiger partial charge < -0.3 is 5.32 Å². The number of aromatic nitrogens is 2. The van der Waals surface area contributed by atoms with Crippen LogP contribution in [0.5, 0.6) is 0 Å². The van der Waals surface area contributed by atoms with Crippen molar-refractivity contribution in [2.45, 2.75) is 33.0 Å². The van der Waals surface area contributed by atoms with E-state index in [1.165, 1.54) is 11.3 Å². The Kier molecular flexibility index (Phi) is 4.55. The molecule has 3 nitrogen and oxygen atoms in total. The number of benzene rings is 1. The van der Waals surface area contributed by atoms with Gasteiger partial charge in [0.25, 0.3) is 0 Å². The molecule has 1 N–H and O–H groups in total. The average Bonchev–Trinajstić information content (AvgIpc) is 2.77. The molecule has 0 fully saturated rings. The van der Waals surface area contributed by atoms with Gasteiger partial charge in [-0.1, -0.05) is 41.9 Å². The molecule has 0 saturated heterocycles. The molecule has 0 amide bonds. The van der Waals surface area contributed by atoms with Crippen LogP contribution in [0, 0.1) is 0 Å². The normalized spacial score (nSPS) is 11.1. The van der Waals surface area contributed by atoms with Crippen molar-refractivity contribution >= 4 is 15.9 Å². The maximum absolute atomic E-state index is 4.38. The second-order valence-corrected chi connectivity index (χ2v) is 5.56.